The maximum absolute atomic E-state index is 11.9. The maximum Gasteiger partial charge on any atom is 0.276 e. The van der Waals surface area contributed by atoms with Crippen molar-refractivity contribution < 1.29 is 9.53 Å². The van der Waals surface area contributed by atoms with E-state index in [1.807, 2.05) is 42.5 Å². The van der Waals surface area contributed by atoms with Gasteiger partial charge in [0.1, 0.15) is 5.75 Å². The third-order valence-corrected chi connectivity index (χ3v) is 3.80. The monoisotopic (exact) mass is 412 g/mol. The molecule has 2 rings (SSSR count). The predicted molar refractivity (Wildman–Crippen MR) is 90.3 cm³/mol. The molecule has 110 valence electrons. The molecule has 0 saturated heterocycles. The smallest absolute Gasteiger partial charge is 0.276 e. The molecule has 0 bridgehead atoms. The zero-order chi connectivity index (χ0) is 15.2. The van der Waals surface area contributed by atoms with Crippen molar-refractivity contribution in [3.05, 3.63) is 57.5 Å². The number of nitrogens with one attached hydrogen (secondary N) is 1. The van der Waals surface area contributed by atoms with Crippen LogP contribution >= 0.6 is 31.9 Å². The van der Waals surface area contributed by atoms with Crippen molar-refractivity contribution in [3.8, 4) is 5.75 Å². The van der Waals surface area contributed by atoms with Gasteiger partial charge < -0.3 is 4.74 Å². The van der Waals surface area contributed by atoms with Crippen LogP contribution in [0.1, 0.15) is 0 Å². The second-order valence-electron chi connectivity index (χ2n) is 4.29. The Morgan fingerprint density at radius 2 is 1.90 bits per heavy atom. The third kappa shape index (κ3) is 4.75. The highest BCUT2D eigenvalue weighted by atomic mass is 79.9. The first-order valence-corrected chi connectivity index (χ1v) is 7.81. The zero-order valence-corrected chi connectivity index (χ0v) is 14.5. The molecule has 2 aromatic rings. The first-order chi connectivity index (χ1) is 10.1. The Labute approximate surface area is 140 Å². The number of para-hydroxylation sites is 1. The Bertz CT molecular complexity index is 620. The zero-order valence-electron chi connectivity index (χ0n) is 11.3. The van der Waals surface area contributed by atoms with Gasteiger partial charge in [0.05, 0.1) is 10.2 Å². The number of carbonyl (C=O) groups excluding carboxylic acids is 1. The van der Waals surface area contributed by atoms with Gasteiger partial charge in [0.25, 0.3) is 5.91 Å². The molecule has 0 saturated carbocycles. The molecule has 0 unspecified atom stereocenters. The molecular weight excluding hydrogens is 400 g/mol. The van der Waals surface area contributed by atoms with E-state index < -0.39 is 0 Å². The largest absolute Gasteiger partial charge is 0.483 e. The molecule has 1 N–H and O–H groups in total. The summed E-state index contributed by atoms with van der Waals surface area (Å²) in [6.45, 7) is -0.0581. The van der Waals surface area contributed by atoms with Crippen LogP contribution in [0.15, 0.2) is 57.5 Å². The van der Waals surface area contributed by atoms with Gasteiger partial charge in [-0.05, 0) is 46.3 Å². The molecule has 1 amide bonds. The number of rotatable bonds is 5. The van der Waals surface area contributed by atoms with Gasteiger partial charge in [-0.2, -0.15) is 0 Å². The molecule has 0 aliphatic carbocycles. The number of halogens is 2. The highest BCUT2D eigenvalue weighted by Crippen LogP contribution is 2.28. The van der Waals surface area contributed by atoms with Crippen LogP contribution in [0.5, 0.6) is 5.75 Å². The summed E-state index contributed by atoms with van der Waals surface area (Å²) in [5, 5.41) is 1.66. The van der Waals surface area contributed by atoms with Crippen molar-refractivity contribution >= 4 is 43.5 Å². The Balaban J connectivity index is 1.87. The Hall–Kier alpha value is -1.53. The fraction of sp³-hybridized carbons (Fsp3) is 0.133. The van der Waals surface area contributed by atoms with Gasteiger partial charge in [0.15, 0.2) is 6.61 Å². The molecule has 0 fully saturated rings. The maximum atomic E-state index is 11.9. The van der Waals surface area contributed by atoms with Crippen molar-refractivity contribution in [2.24, 2.45) is 0 Å². The van der Waals surface area contributed by atoms with Crippen LogP contribution in [0.3, 0.4) is 0 Å². The van der Waals surface area contributed by atoms with Gasteiger partial charge in [-0.25, -0.2) is 0 Å². The SMILES string of the molecule is CN(NC(=O)COc1ccc(Br)cc1Br)c1ccccc1. The van der Waals surface area contributed by atoms with Crippen LogP contribution in [-0.2, 0) is 4.79 Å². The lowest BCUT2D eigenvalue weighted by Gasteiger charge is -2.20. The lowest BCUT2D eigenvalue weighted by atomic mass is 10.3. The number of benzene rings is 2. The summed E-state index contributed by atoms with van der Waals surface area (Å²) in [7, 11) is 1.78. The normalized spacial score (nSPS) is 10.0. The Morgan fingerprint density at radius 1 is 1.19 bits per heavy atom. The highest BCUT2D eigenvalue weighted by molar-refractivity contribution is 9.11. The van der Waals surface area contributed by atoms with Crippen molar-refractivity contribution in [2.45, 2.75) is 0 Å². The third-order valence-electron chi connectivity index (χ3n) is 2.69. The number of carbonyl (C=O) groups is 1. The molecule has 4 nitrogen and oxygen atoms in total. The average molecular weight is 414 g/mol. The fourth-order valence-corrected chi connectivity index (χ4v) is 2.83. The Kier molecular flexibility index (Phi) is 5.64. The van der Waals surface area contributed by atoms with Crippen molar-refractivity contribution in [1.29, 1.82) is 0 Å². The van der Waals surface area contributed by atoms with E-state index in [9.17, 15) is 4.79 Å². The second kappa shape index (κ2) is 7.47. The summed E-state index contributed by atoms with van der Waals surface area (Å²) in [6.07, 6.45) is 0. The number of ether oxygens (including phenoxy) is 1. The first-order valence-electron chi connectivity index (χ1n) is 6.22. The molecule has 6 heteroatoms. The molecule has 0 spiro atoms. The minimum Gasteiger partial charge on any atom is -0.483 e. The number of amides is 1. The minimum atomic E-state index is -0.226. The summed E-state index contributed by atoms with van der Waals surface area (Å²) in [6, 6.07) is 15.1. The minimum absolute atomic E-state index is 0.0581. The molecule has 0 radical (unpaired) electrons. The molecule has 0 aromatic heterocycles. The van der Waals surface area contributed by atoms with E-state index in [1.54, 1.807) is 18.1 Å². The summed E-state index contributed by atoms with van der Waals surface area (Å²) in [5.41, 5.74) is 3.64. The molecular formula is C15H14Br2N2O2. The van der Waals surface area contributed by atoms with E-state index in [-0.39, 0.29) is 12.5 Å². The second-order valence-corrected chi connectivity index (χ2v) is 6.06. The van der Waals surface area contributed by atoms with Crippen molar-refractivity contribution in [2.75, 3.05) is 18.7 Å². The molecule has 0 aliphatic heterocycles. The van der Waals surface area contributed by atoms with Gasteiger partial charge in [0, 0.05) is 11.5 Å². The molecule has 0 aliphatic rings. The fourth-order valence-electron chi connectivity index (χ4n) is 1.67. The van der Waals surface area contributed by atoms with Gasteiger partial charge in [-0.15, -0.1) is 0 Å². The lowest BCUT2D eigenvalue weighted by Crippen LogP contribution is -2.41. The van der Waals surface area contributed by atoms with Crippen molar-refractivity contribution in [3.63, 3.8) is 0 Å². The molecule has 0 atom stereocenters. The van der Waals surface area contributed by atoms with Crippen LogP contribution < -0.4 is 15.2 Å². The quantitative estimate of drug-likeness (QED) is 0.758. The van der Waals surface area contributed by atoms with Crippen LogP contribution in [0.2, 0.25) is 0 Å². The lowest BCUT2D eigenvalue weighted by molar-refractivity contribution is -0.123. The van der Waals surface area contributed by atoms with Crippen LogP contribution in [0, 0.1) is 0 Å². The van der Waals surface area contributed by atoms with Gasteiger partial charge >= 0.3 is 0 Å². The summed E-state index contributed by atoms with van der Waals surface area (Å²) < 4.78 is 7.22. The number of hydrazine groups is 1. The molecule has 2 aromatic carbocycles. The van der Waals surface area contributed by atoms with E-state index >= 15 is 0 Å². The summed E-state index contributed by atoms with van der Waals surface area (Å²) in [4.78, 5) is 11.9. The van der Waals surface area contributed by atoms with E-state index in [2.05, 4.69) is 37.3 Å². The van der Waals surface area contributed by atoms with E-state index in [0.717, 1.165) is 14.6 Å². The molecule has 0 heterocycles. The number of nitrogens with zero attached hydrogens (tertiary/aromatic N) is 1. The first kappa shape index (κ1) is 15.9. The predicted octanol–water partition coefficient (Wildman–Crippen LogP) is 3.76. The van der Waals surface area contributed by atoms with Gasteiger partial charge in [-0.1, -0.05) is 34.1 Å². The van der Waals surface area contributed by atoms with Crippen LogP contribution in [0.25, 0.3) is 0 Å². The number of hydrogen-bond donors (Lipinski definition) is 1. The topological polar surface area (TPSA) is 41.6 Å². The molecule has 21 heavy (non-hydrogen) atoms. The van der Waals surface area contributed by atoms with E-state index in [1.165, 1.54) is 0 Å². The summed E-state index contributed by atoms with van der Waals surface area (Å²) >= 11 is 6.75. The van der Waals surface area contributed by atoms with E-state index in [4.69, 9.17) is 4.74 Å². The number of hydrogen-bond acceptors (Lipinski definition) is 3. The van der Waals surface area contributed by atoms with Crippen LogP contribution in [-0.4, -0.2) is 19.6 Å². The summed E-state index contributed by atoms with van der Waals surface area (Å²) in [5.74, 6) is 0.395. The standard InChI is InChI=1S/C15H14Br2N2O2/c1-19(12-5-3-2-4-6-12)18-15(20)10-21-14-8-7-11(16)9-13(14)17/h2-9H,10H2,1H3,(H,18,20). The average Bonchev–Trinajstić information content (AvgIpc) is 2.47. The highest BCUT2D eigenvalue weighted by Gasteiger charge is 2.08. The van der Waals surface area contributed by atoms with Crippen LogP contribution in [0.4, 0.5) is 5.69 Å². The number of anilines is 1. The van der Waals surface area contributed by atoms with Gasteiger partial charge in [0.2, 0.25) is 0 Å². The van der Waals surface area contributed by atoms with Gasteiger partial charge in [-0.3, -0.25) is 15.2 Å². The van der Waals surface area contributed by atoms with E-state index in [0.29, 0.717) is 5.75 Å². The Morgan fingerprint density at radius 3 is 2.57 bits per heavy atom. The van der Waals surface area contributed by atoms with Crippen molar-refractivity contribution in [1.82, 2.24) is 5.43 Å².